The summed E-state index contributed by atoms with van der Waals surface area (Å²) in [6.45, 7) is 4.49. The predicted octanol–water partition coefficient (Wildman–Crippen LogP) is 3.14. The van der Waals surface area contributed by atoms with E-state index in [1.807, 2.05) is 47.1 Å². The maximum Gasteiger partial charge on any atom is 0.418 e. The third kappa shape index (κ3) is 6.80. The van der Waals surface area contributed by atoms with E-state index in [2.05, 4.69) is 10.6 Å². The third-order valence-corrected chi connectivity index (χ3v) is 5.38. The zero-order chi connectivity index (χ0) is 23.1. The molecule has 1 aliphatic rings. The summed E-state index contributed by atoms with van der Waals surface area (Å²) in [5, 5.41) is 5.35. The van der Waals surface area contributed by atoms with Gasteiger partial charge in [0.15, 0.2) is 0 Å². The molecule has 1 atom stereocenters. The number of hydrogen-bond donors (Lipinski definition) is 2. The fourth-order valence-corrected chi connectivity index (χ4v) is 3.65. The molecule has 0 unspecified atom stereocenters. The number of amides is 2. The second kappa shape index (κ2) is 10.6. The monoisotopic (exact) mass is 448 g/mol. The Balaban J connectivity index is 1.42. The first-order valence-electron chi connectivity index (χ1n) is 10.5. The summed E-state index contributed by atoms with van der Waals surface area (Å²) < 4.78 is 39.2. The van der Waals surface area contributed by atoms with Crippen molar-refractivity contribution in [2.45, 2.75) is 19.1 Å². The van der Waals surface area contributed by atoms with Crippen molar-refractivity contribution in [3.63, 3.8) is 0 Å². The van der Waals surface area contributed by atoms with Gasteiger partial charge in [-0.1, -0.05) is 42.5 Å². The number of anilines is 1. The molecule has 6 nitrogen and oxygen atoms in total. The fourth-order valence-electron chi connectivity index (χ4n) is 3.65. The van der Waals surface area contributed by atoms with Crippen molar-refractivity contribution in [1.29, 1.82) is 0 Å². The first-order valence-corrected chi connectivity index (χ1v) is 10.5. The lowest BCUT2D eigenvalue weighted by Crippen LogP contribution is -2.51. The van der Waals surface area contributed by atoms with Crippen molar-refractivity contribution in [2.75, 3.05) is 44.6 Å². The predicted molar refractivity (Wildman–Crippen MR) is 116 cm³/mol. The molecule has 0 saturated carbocycles. The molecule has 2 aromatic carbocycles. The van der Waals surface area contributed by atoms with E-state index in [1.54, 1.807) is 0 Å². The molecule has 0 aliphatic carbocycles. The van der Waals surface area contributed by atoms with Crippen LogP contribution in [-0.2, 0) is 15.8 Å². The minimum atomic E-state index is -4.53. The molecule has 0 spiro atoms. The highest BCUT2D eigenvalue weighted by atomic mass is 19.4. The molecule has 9 heteroatoms. The van der Waals surface area contributed by atoms with Crippen molar-refractivity contribution < 1.29 is 22.8 Å². The topological polar surface area (TPSA) is 64.7 Å². The zero-order valence-corrected chi connectivity index (χ0v) is 17.9. The van der Waals surface area contributed by atoms with E-state index >= 15 is 0 Å². The second-order valence-electron chi connectivity index (χ2n) is 7.84. The van der Waals surface area contributed by atoms with Gasteiger partial charge in [0.1, 0.15) is 0 Å². The maximum absolute atomic E-state index is 13.1. The van der Waals surface area contributed by atoms with Crippen LogP contribution >= 0.6 is 0 Å². The Morgan fingerprint density at radius 1 is 0.875 bits per heavy atom. The lowest BCUT2D eigenvalue weighted by molar-refractivity contribution is -0.137. The van der Waals surface area contributed by atoms with E-state index in [1.165, 1.54) is 18.2 Å². The molecule has 0 aromatic heterocycles. The lowest BCUT2D eigenvalue weighted by atomic mass is 10.1. The van der Waals surface area contributed by atoms with Crippen molar-refractivity contribution in [2.24, 2.45) is 0 Å². The van der Waals surface area contributed by atoms with Gasteiger partial charge in [0.05, 0.1) is 30.4 Å². The van der Waals surface area contributed by atoms with Gasteiger partial charge in [0, 0.05) is 26.2 Å². The van der Waals surface area contributed by atoms with Crippen molar-refractivity contribution in [3.8, 4) is 0 Å². The Hall–Kier alpha value is -2.91. The molecule has 2 N–H and O–H groups in total. The van der Waals surface area contributed by atoms with E-state index in [4.69, 9.17) is 0 Å². The molecule has 3 rings (SSSR count). The van der Waals surface area contributed by atoms with Crippen LogP contribution in [0.25, 0.3) is 0 Å². The van der Waals surface area contributed by atoms with Crippen LogP contribution in [0.4, 0.5) is 18.9 Å². The molecular formula is C23H27F3N4O2. The van der Waals surface area contributed by atoms with Gasteiger partial charge in [-0.2, -0.15) is 13.2 Å². The van der Waals surface area contributed by atoms with Gasteiger partial charge in [-0.15, -0.1) is 0 Å². The van der Waals surface area contributed by atoms with Crippen LogP contribution in [0, 0.1) is 0 Å². The van der Waals surface area contributed by atoms with Gasteiger partial charge in [0.2, 0.25) is 11.8 Å². The van der Waals surface area contributed by atoms with E-state index in [9.17, 15) is 22.8 Å². The zero-order valence-electron chi connectivity index (χ0n) is 17.9. The average molecular weight is 448 g/mol. The normalized spacial score (nSPS) is 16.4. The highest BCUT2D eigenvalue weighted by Gasteiger charge is 2.33. The van der Waals surface area contributed by atoms with E-state index in [-0.39, 0.29) is 30.7 Å². The first-order chi connectivity index (χ1) is 15.2. The molecule has 1 saturated heterocycles. The standard InChI is InChI=1S/C23H27F3N4O2/c1-17(18-7-3-2-4-8-18)27-21(31)15-29-11-13-30(14-12-29)16-22(32)28-20-10-6-5-9-19(20)23(24,25)26/h2-10,17H,11-16H2,1H3,(H,27,31)(H,28,32)/t17-/m0/s1. The van der Waals surface area contributed by atoms with E-state index in [0.29, 0.717) is 26.2 Å². The van der Waals surface area contributed by atoms with Gasteiger partial charge >= 0.3 is 6.18 Å². The number of nitrogens with zero attached hydrogens (tertiary/aromatic N) is 2. The summed E-state index contributed by atoms with van der Waals surface area (Å²) in [4.78, 5) is 28.5. The molecule has 1 aliphatic heterocycles. The maximum atomic E-state index is 13.1. The van der Waals surface area contributed by atoms with E-state index < -0.39 is 17.6 Å². The number of hydrogen-bond acceptors (Lipinski definition) is 4. The SMILES string of the molecule is C[C@H](NC(=O)CN1CCN(CC(=O)Nc2ccccc2C(F)(F)F)CC1)c1ccccc1. The van der Waals surface area contributed by atoms with Crippen molar-refractivity contribution in [1.82, 2.24) is 15.1 Å². The molecule has 0 radical (unpaired) electrons. The average Bonchev–Trinajstić information content (AvgIpc) is 2.75. The van der Waals surface area contributed by atoms with Crippen LogP contribution in [-0.4, -0.2) is 60.9 Å². The molecule has 2 aromatic rings. The Morgan fingerprint density at radius 2 is 1.41 bits per heavy atom. The summed E-state index contributed by atoms with van der Waals surface area (Å²) >= 11 is 0. The van der Waals surface area contributed by atoms with Gasteiger partial charge in [0.25, 0.3) is 0 Å². The summed E-state index contributed by atoms with van der Waals surface area (Å²) in [5.41, 5.74) is -0.0782. The van der Waals surface area contributed by atoms with Crippen LogP contribution in [0.1, 0.15) is 24.1 Å². The molecule has 2 amide bonds. The number of benzene rings is 2. The number of rotatable bonds is 7. The fraction of sp³-hybridized carbons (Fsp3) is 0.391. The number of nitrogens with one attached hydrogen (secondary N) is 2. The highest BCUT2D eigenvalue weighted by molar-refractivity contribution is 5.93. The Labute approximate surface area is 185 Å². The van der Waals surface area contributed by atoms with Crippen LogP contribution in [0.3, 0.4) is 0 Å². The number of carbonyl (C=O) groups excluding carboxylic acids is 2. The molecule has 1 heterocycles. The molecular weight excluding hydrogens is 421 g/mol. The highest BCUT2D eigenvalue weighted by Crippen LogP contribution is 2.34. The smallest absolute Gasteiger partial charge is 0.348 e. The Kier molecular flexibility index (Phi) is 7.87. The third-order valence-electron chi connectivity index (χ3n) is 5.38. The van der Waals surface area contributed by atoms with Crippen LogP contribution in [0.15, 0.2) is 54.6 Å². The number of halogens is 3. The van der Waals surface area contributed by atoms with Crippen molar-refractivity contribution >= 4 is 17.5 Å². The quantitative estimate of drug-likeness (QED) is 0.683. The minimum absolute atomic E-state index is 0.00271. The van der Waals surface area contributed by atoms with Crippen LogP contribution < -0.4 is 10.6 Å². The van der Waals surface area contributed by atoms with Crippen molar-refractivity contribution in [3.05, 3.63) is 65.7 Å². The molecule has 1 fully saturated rings. The minimum Gasteiger partial charge on any atom is -0.348 e. The summed E-state index contributed by atoms with van der Waals surface area (Å²) in [7, 11) is 0. The largest absolute Gasteiger partial charge is 0.418 e. The van der Waals surface area contributed by atoms with Gasteiger partial charge in [-0.25, -0.2) is 0 Å². The van der Waals surface area contributed by atoms with Gasteiger partial charge < -0.3 is 10.6 Å². The number of piperazine rings is 1. The second-order valence-corrected chi connectivity index (χ2v) is 7.84. The van der Waals surface area contributed by atoms with Crippen LogP contribution in [0.5, 0.6) is 0 Å². The first kappa shape index (κ1) is 23.7. The Bertz CT molecular complexity index is 913. The number of carbonyl (C=O) groups is 2. The number of para-hydroxylation sites is 1. The van der Waals surface area contributed by atoms with E-state index in [0.717, 1.165) is 11.6 Å². The Morgan fingerprint density at radius 3 is 2.00 bits per heavy atom. The summed E-state index contributed by atoms with van der Waals surface area (Å²) in [6.07, 6.45) is -4.53. The van der Waals surface area contributed by atoms with Gasteiger partial charge in [-0.3, -0.25) is 19.4 Å². The number of alkyl halides is 3. The lowest BCUT2D eigenvalue weighted by Gasteiger charge is -2.34. The van der Waals surface area contributed by atoms with Crippen LogP contribution in [0.2, 0.25) is 0 Å². The molecule has 32 heavy (non-hydrogen) atoms. The van der Waals surface area contributed by atoms with Gasteiger partial charge in [-0.05, 0) is 24.6 Å². The summed E-state index contributed by atoms with van der Waals surface area (Å²) in [5.74, 6) is -0.569. The summed E-state index contributed by atoms with van der Waals surface area (Å²) in [6, 6.07) is 14.5. The molecule has 172 valence electrons. The molecule has 0 bridgehead atoms.